The van der Waals surface area contributed by atoms with Crippen LogP contribution in [0.25, 0.3) is 0 Å². The molecule has 2 atom stereocenters. The second-order valence-corrected chi connectivity index (χ2v) is 6.49. The number of likely N-dealkylation sites (tertiary alicyclic amines) is 1. The highest BCUT2D eigenvalue weighted by atomic mass is 16.5. The molecule has 0 bridgehead atoms. The zero-order valence-electron chi connectivity index (χ0n) is 14.9. The average Bonchev–Trinajstić information content (AvgIpc) is 3.25. The Kier molecular flexibility index (Phi) is 8.71. The van der Waals surface area contributed by atoms with E-state index in [9.17, 15) is 0 Å². The van der Waals surface area contributed by atoms with Gasteiger partial charge in [0.15, 0.2) is 5.96 Å². The standard InChI is InChI=1S/C17H34N4O2/c1-3-21-9-7-15(13-21)12-20-17(18-2)19-8-5-10-22-14-16-6-4-11-23-16/h15-16H,3-14H2,1-2H3,(H2,18,19,20). The molecule has 2 saturated heterocycles. The minimum atomic E-state index is 0.325. The first-order chi connectivity index (χ1) is 11.3. The number of hydrogen-bond acceptors (Lipinski definition) is 4. The molecule has 2 rings (SSSR count). The Morgan fingerprint density at radius 2 is 2.26 bits per heavy atom. The highest BCUT2D eigenvalue weighted by Gasteiger charge is 2.20. The van der Waals surface area contributed by atoms with Crippen LogP contribution in [-0.2, 0) is 9.47 Å². The number of hydrogen-bond donors (Lipinski definition) is 2. The normalized spacial score (nSPS) is 25.9. The van der Waals surface area contributed by atoms with Gasteiger partial charge in [0.25, 0.3) is 0 Å². The lowest BCUT2D eigenvalue weighted by atomic mass is 10.1. The van der Waals surface area contributed by atoms with E-state index in [1.165, 1.54) is 25.9 Å². The third-order valence-corrected chi connectivity index (χ3v) is 4.68. The van der Waals surface area contributed by atoms with Crippen LogP contribution in [0.15, 0.2) is 4.99 Å². The molecular weight excluding hydrogens is 292 g/mol. The number of nitrogens with one attached hydrogen (secondary N) is 2. The molecule has 2 N–H and O–H groups in total. The molecule has 0 saturated carbocycles. The number of ether oxygens (including phenoxy) is 2. The van der Waals surface area contributed by atoms with E-state index in [4.69, 9.17) is 9.47 Å². The summed E-state index contributed by atoms with van der Waals surface area (Å²) in [6.45, 7) is 10.1. The Hall–Kier alpha value is -0.850. The van der Waals surface area contributed by atoms with Crippen LogP contribution in [0, 0.1) is 5.92 Å². The molecule has 0 aromatic rings. The van der Waals surface area contributed by atoms with Gasteiger partial charge in [0.05, 0.1) is 12.7 Å². The van der Waals surface area contributed by atoms with Crippen molar-refractivity contribution in [2.75, 3.05) is 59.6 Å². The van der Waals surface area contributed by atoms with Gasteiger partial charge in [-0.1, -0.05) is 6.92 Å². The van der Waals surface area contributed by atoms with Crippen LogP contribution in [0.3, 0.4) is 0 Å². The SMILES string of the molecule is CCN1CCC(CNC(=NC)NCCCOCC2CCCO2)C1. The largest absolute Gasteiger partial charge is 0.379 e. The molecule has 2 aliphatic heterocycles. The molecule has 0 aromatic heterocycles. The fourth-order valence-electron chi connectivity index (χ4n) is 3.20. The van der Waals surface area contributed by atoms with Gasteiger partial charge in [-0.2, -0.15) is 0 Å². The van der Waals surface area contributed by atoms with Gasteiger partial charge >= 0.3 is 0 Å². The Balaban J connectivity index is 1.46. The van der Waals surface area contributed by atoms with E-state index in [2.05, 4.69) is 27.4 Å². The van der Waals surface area contributed by atoms with Gasteiger partial charge in [0.2, 0.25) is 0 Å². The monoisotopic (exact) mass is 326 g/mol. The van der Waals surface area contributed by atoms with Crippen LogP contribution in [0.2, 0.25) is 0 Å². The van der Waals surface area contributed by atoms with Crippen molar-refractivity contribution in [2.24, 2.45) is 10.9 Å². The Bertz CT molecular complexity index is 345. The van der Waals surface area contributed by atoms with Gasteiger partial charge < -0.3 is 25.0 Å². The van der Waals surface area contributed by atoms with Crippen molar-refractivity contribution in [3.8, 4) is 0 Å². The molecule has 0 spiro atoms. The summed E-state index contributed by atoms with van der Waals surface area (Å²) in [5.41, 5.74) is 0. The summed E-state index contributed by atoms with van der Waals surface area (Å²) >= 11 is 0. The number of nitrogens with zero attached hydrogens (tertiary/aromatic N) is 2. The van der Waals surface area contributed by atoms with Crippen LogP contribution in [0.4, 0.5) is 0 Å². The van der Waals surface area contributed by atoms with Gasteiger partial charge in [-0.05, 0) is 44.7 Å². The van der Waals surface area contributed by atoms with E-state index in [1.54, 1.807) is 0 Å². The Morgan fingerprint density at radius 1 is 1.35 bits per heavy atom. The number of guanidine groups is 1. The van der Waals surface area contributed by atoms with E-state index in [-0.39, 0.29) is 0 Å². The molecule has 2 fully saturated rings. The lowest BCUT2D eigenvalue weighted by molar-refractivity contribution is 0.0168. The summed E-state index contributed by atoms with van der Waals surface area (Å²) < 4.78 is 11.2. The highest BCUT2D eigenvalue weighted by molar-refractivity contribution is 5.79. The summed E-state index contributed by atoms with van der Waals surface area (Å²) in [4.78, 5) is 6.80. The zero-order valence-corrected chi connectivity index (χ0v) is 14.9. The fourth-order valence-corrected chi connectivity index (χ4v) is 3.20. The molecule has 2 aliphatic rings. The van der Waals surface area contributed by atoms with E-state index >= 15 is 0 Å². The van der Waals surface area contributed by atoms with Crippen molar-refractivity contribution in [3.63, 3.8) is 0 Å². The van der Waals surface area contributed by atoms with Gasteiger partial charge in [-0.25, -0.2) is 0 Å². The Labute approximate surface area is 141 Å². The molecule has 2 unspecified atom stereocenters. The maximum Gasteiger partial charge on any atom is 0.190 e. The number of rotatable bonds is 9. The fraction of sp³-hybridized carbons (Fsp3) is 0.941. The van der Waals surface area contributed by atoms with E-state index < -0.39 is 0 Å². The predicted octanol–water partition coefficient (Wildman–Crippen LogP) is 1.08. The minimum Gasteiger partial charge on any atom is -0.379 e. The molecule has 6 nitrogen and oxygen atoms in total. The van der Waals surface area contributed by atoms with Crippen molar-refractivity contribution in [1.29, 1.82) is 0 Å². The molecule has 0 aromatic carbocycles. The van der Waals surface area contributed by atoms with Crippen molar-refractivity contribution in [2.45, 2.75) is 38.7 Å². The maximum absolute atomic E-state index is 5.67. The third kappa shape index (κ3) is 7.06. The predicted molar refractivity (Wildman–Crippen MR) is 94.0 cm³/mol. The first kappa shape index (κ1) is 18.5. The molecule has 0 aliphatic carbocycles. The zero-order chi connectivity index (χ0) is 16.3. The summed E-state index contributed by atoms with van der Waals surface area (Å²) in [5.74, 6) is 1.64. The molecule has 134 valence electrons. The molecule has 0 amide bonds. The molecule has 0 radical (unpaired) electrons. The first-order valence-corrected chi connectivity index (χ1v) is 9.18. The van der Waals surface area contributed by atoms with E-state index in [0.717, 1.165) is 64.2 Å². The summed E-state index contributed by atoms with van der Waals surface area (Å²) in [7, 11) is 1.83. The van der Waals surface area contributed by atoms with Gasteiger partial charge in [-0.15, -0.1) is 0 Å². The van der Waals surface area contributed by atoms with Crippen LogP contribution < -0.4 is 10.6 Å². The molecule has 2 heterocycles. The summed E-state index contributed by atoms with van der Waals surface area (Å²) in [6.07, 6.45) is 4.92. The maximum atomic E-state index is 5.67. The highest BCUT2D eigenvalue weighted by Crippen LogP contribution is 2.14. The molecule has 6 heteroatoms. The van der Waals surface area contributed by atoms with Crippen molar-refractivity contribution < 1.29 is 9.47 Å². The van der Waals surface area contributed by atoms with Crippen LogP contribution in [-0.4, -0.2) is 76.6 Å². The minimum absolute atomic E-state index is 0.325. The second kappa shape index (κ2) is 10.8. The third-order valence-electron chi connectivity index (χ3n) is 4.68. The second-order valence-electron chi connectivity index (χ2n) is 6.49. The van der Waals surface area contributed by atoms with Crippen LogP contribution in [0.5, 0.6) is 0 Å². The van der Waals surface area contributed by atoms with Gasteiger partial charge in [-0.3, -0.25) is 4.99 Å². The smallest absolute Gasteiger partial charge is 0.190 e. The van der Waals surface area contributed by atoms with Gasteiger partial charge in [0.1, 0.15) is 0 Å². The van der Waals surface area contributed by atoms with Crippen LogP contribution >= 0.6 is 0 Å². The Morgan fingerprint density at radius 3 is 2.96 bits per heavy atom. The van der Waals surface area contributed by atoms with Crippen molar-refractivity contribution in [3.05, 3.63) is 0 Å². The quantitative estimate of drug-likeness (QED) is 0.377. The lowest BCUT2D eigenvalue weighted by Gasteiger charge is -2.16. The van der Waals surface area contributed by atoms with Crippen molar-refractivity contribution in [1.82, 2.24) is 15.5 Å². The van der Waals surface area contributed by atoms with Crippen molar-refractivity contribution >= 4 is 5.96 Å². The van der Waals surface area contributed by atoms with Crippen LogP contribution in [0.1, 0.15) is 32.6 Å². The average molecular weight is 326 g/mol. The molecule has 23 heavy (non-hydrogen) atoms. The number of aliphatic imine (C=N–C) groups is 1. The van der Waals surface area contributed by atoms with E-state index in [0.29, 0.717) is 6.10 Å². The summed E-state index contributed by atoms with van der Waals surface area (Å²) in [5, 5.41) is 6.80. The van der Waals surface area contributed by atoms with Gasteiger partial charge in [0, 0.05) is 39.9 Å². The first-order valence-electron chi connectivity index (χ1n) is 9.18. The summed E-state index contributed by atoms with van der Waals surface area (Å²) in [6, 6.07) is 0. The van der Waals surface area contributed by atoms with E-state index in [1.807, 2.05) is 7.05 Å². The molecular formula is C17H34N4O2. The lowest BCUT2D eigenvalue weighted by Crippen LogP contribution is -2.40. The topological polar surface area (TPSA) is 58.1 Å².